The summed E-state index contributed by atoms with van der Waals surface area (Å²) < 4.78 is 0. The summed E-state index contributed by atoms with van der Waals surface area (Å²) in [6.45, 7) is 0. The normalized spacial score (nSPS) is 10.1. The maximum Gasteiger partial charge on any atom is 0.0795 e. The Balaban J connectivity index is 0.000000148. The van der Waals surface area contributed by atoms with E-state index in [1.54, 1.807) is 6.20 Å². The van der Waals surface area contributed by atoms with Gasteiger partial charge in [0.2, 0.25) is 0 Å². The van der Waals surface area contributed by atoms with Crippen molar-refractivity contribution in [1.29, 1.82) is 0 Å². The third-order valence-corrected chi connectivity index (χ3v) is 3.87. The molecule has 0 fully saturated rings. The molecule has 0 aliphatic carbocycles. The Morgan fingerprint density at radius 3 is 1.96 bits per heavy atom. The summed E-state index contributed by atoms with van der Waals surface area (Å²) in [6, 6.07) is 24.2. The molecule has 5 aromatic rings. The van der Waals surface area contributed by atoms with Gasteiger partial charge < -0.3 is 0 Å². The van der Waals surface area contributed by atoms with Crippen molar-refractivity contribution in [2.24, 2.45) is 0 Å². The fourth-order valence-corrected chi connectivity index (χ4v) is 2.71. The summed E-state index contributed by atoms with van der Waals surface area (Å²) in [6.07, 6.45) is 5.42. The zero-order valence-electron chi connectivity index (χ0n) is 13.3. The molecule has 0 saturated heterocycles. The Kier molecular flexibility index (Phi) is 5.45. The molecule has 4 heteroatoms. The summed E-state index contributed by atoms with van der Waals surface area (Å²) in [5, 5.41) is 3.48. The molecule has 2 aromatic carbocycles. The molecular formula is C21H15N3Pd. The molecule has 0 aliphatic heterocycles. The van der Waals surface area contributed by atoms with E-state index in [4.69, 9.17) is 0 Å². The van der Waals surface area contributed by atoms with E-state index in [0.29, 0.717) is 0 Å². The van der Waals surface area contributed by atoms with Crippen LogP contribution in [0.1, 0.15) is 0 Å². The van der Waals surface area contributed by atoms with Gasteiger partial charge >= 0.3 is 0 Å². The molecule has 0 amide bonds. The van der Waals surface area contributed by atoms with Gasteiger partial charge in [0.05, 0.1) is 16.6 Å². The van der Waals surface area contributed by atoms with Crippen LogP contribution in [0.3, 0.4) is 0 Å². The van der Waals surface area contributed by atoms with Crippen LogP contribution in [-0.4, -0.2) is 15.0 Å². The molecule has 0 spiro atoms. The average Bonchev–Trinajstić information content (AvgIpc) is 2.68. The Hall–Kier alpha value is -2.67. The minimum absolute atomic E-state index is 0. The Bertz CT molecular complexity index is 1010. The number of pyridine rings is 3. The number of fused-ring (bicyclic) bond motifs is 4. The third kappa shape index (κ3) is 3.71. The maximum absolute atomic E-state index is 4.37. The molecule has 3 nitrogen and oxygen atoms in total. The minimum Gasteiger partial charge on any atom is -0.256 e. The molecule has 124 valence electrons. The topological polar surface area (TPSA) is 38.7 Å². The standard InChI is InChI=1S/C12H8N2.C9H7N.Pd/c1-3-9-5-6-11-10(4-2-7-13-11)12(9)14-8-1;1-2-6-9-8(4-1)5-3-7-10-9;/h1-8H;1-7H;. The molecule has 0 unspecified atom stereocenters. The molecule has 0 bridgehead atoms. The number of rotatable bonds is 0. The van der Waals surface area contributed by atoms with Gasteiger partial charge in [0.15, 0.2) is 0 Å². The molecule has 5 rings (SSSR count). The number of hydrogen-bond acceptors (Lipinski definition) is 3. The first-order valence-electron chi connectivity index (χ1n) is 7.80. The molecular weight excluding hydrogens is 401 g/mol. The largest absolute Gasteiger partial charge is 0.256 e. The van der Waals surface area contributed by atoms with Crippen LogP contribution in [0.2, 0.25) is 0 Å². The van der Waals surface area contributed by atoms with Gasteiger partial charge in [-0.25, -0.2) is 0 Å². The average molecular weight is 416 g/mol. The van der Waals surface area contributed by atoms with Gasteiger partial charge in [0, 0.05) is 55.2 Å². The summed E-state index contributed by atoms with van der Waals surface area (Å²) in [4.78, 5) is 12.8. The summed E-state index contributed by atoms with van der Waals surface area (Å²) >= 11 is 0. The number of nitrogens with zero attached hydrogens (tertiary/aromatic N) is 3. The van der Waals surface area contributed by atoms with E-state index < -0.39 is 0 Å². The van der Waals surface area contributed by atoms with E-state index in [9.17, 15) is 0 Å². The van der Waals surface area contributed by atoms with Crippen molar-refractivity contribution in [2.45, 2.75) is 0 Å². The monoisotopic (exact) mass is 415 g/mol. The number of benzene rings is 2. The summed E-state index contributed by atoms with van der Waals surface area (Å²) in [5.41, 5.74) is 3.09. The van der Waals surface area contributed by atoms with Crippen LogP contribution in [0, 0.1) is 0 Å². The summed E-state index contributed by atoms with van der Waals surface area (Å²) in [7, 11) is 0. The first-order valence-corrected chi connectivity index (χ1v) is 7.80. The van der Waals surface area contributed by atoms with Gasteiger partial charge in [0.1, 0.15) is 0 Å². The van der Waals surface area contributed by atoms with Crippen molar-refractivity contribution in [3.05, 3.63) is 91.4 Å². The predicted octanol–water partition coefficient (Wildman–Crippen LogP) is 5.02. The van der Waals surface area contributed by atoms with Crippen molar-refractivity contribution in [1.82, 2.24) is 15.0 Å². The molecule has 0 aliphatic rings. The van der Waals surface area contributed by atoms with E-state index >= 15 is 0 Å². The van der Waals surface area contributed by atoms with E-state index in [-0.39, 0.29) is 20.4 Å². The second kappa shape index (κ2) is 7.94. The van der Waals surface area contributed by atoms with E-state index in [0.717, 1.165) is 27.3 Å². The van der Waals surface area contributed by atoms with E-state index in [1.807, 2.05) is 54.9 Å². The predicted molar refractivity (Wildman–Crippen MR) is 98.8 cm³/mol. The van der Waals surface area contributed by atoms with Crippen molar-refractivity contribution < 1.29 is 20.4 Å². The van der Waals surface area contributed by atoms with Crippen LogP contribution in [0.4, 0.5) is 0 Å². The zero-order valence-corrected chi connectivity index (χ0v) is 14.9. The minimum atomic E-state index is 0. The Labute approximate surface area is 159 Å². The van der Waals surface area contributed by atoms with Crippen LogP contribution >= 0.6 is 0 Å². The molecule has 0 radical (unpaired) electrons. The second-order valence-electron chi connectivity index (χ2n) is 5.41. The first-order chi connectivity index (χ1) is 11.9. The molecule has 0 N–H and O–H groups in total. The van der Waals surface area contributed by atoms with Gasteiger partial charge in [-0.15, -0.1) is 0 Å². The van der Waals surface area contributed by atoms with Crippen LogP contribution < -0.4 is 0 Å². The fraction of sp³-hybridized carbons (Fsp3) is 0. The molecule has 0 atom stereocenters. The quantitative estimate of drug-likeness (QED) is 0.263. The van der Waals surface area contributed by atoms with Gasteiger partial charge in [-0.3, -0.25) is 15.0 Å². The Morgan fingerprint density at radius 1 is 0.480 bits per heavy atom. The van der Waals surface area contributed by atoms with E-state index in [1.165, 1.54) is 5.39 Å². The first kappa shape index (κ1) is 17.2. The molecule has 25 heavy (non-hydrogen) atoms. The molecule has 0 saturated carbocycles. The van der Waals surface area contributed by atoms with E-state index in [2.05, 4.69) is 45.3 Å². The van der Waals surface area contributed by atoms with Gasteiger partial charge in [-0.05, 0) is 36.4 Å². The van der Waals surface area contributed by atoms with Gasteiger partial charge in [0.25, 0.3) is 0 Å². The fourth-order valence-electron chi connectivity index (χ4n) is 2.71. The van der Waals surface area contributed by atoms with Crippen LogP contribution in [0.15, 0.2) is 91.4 Å². The smallest absolute Gasteiger partial charge is 0.0795 e. The van der Waals surface area contributed by atoms with Crippen LogP contribution in [0.5, 0.6) is 0 Å². The molecule has 3 heterocycles. The summed E-state index contributed by atoms with van der Waals surface area (Å²) in [5.74, 6) is 0. The van der Waals surface area contributed by atoms with Crippen molar-refractivity contribution in [3.63, 3.8) is 0 Å². The number of hydrogen-bond donors (Lipinski definition) is 0. The SMILES string of the molecule is [Pd].c1ccc2ncccc2c1.c1cnc2c(c1)ccc1ncccc12. The third-order valence-electron chi connectivity index (χ3n) is 3.87. The maximum atomic E-state index is 4.37. The molecule has 3 aromatic heterocycles. The van der Waals surface area contributed by atoms with Gasteiger partial charge in [-0.2, -0.15) is 0 Å². The van der Waals surface area contributed by atoms with Gasteiger partial charge in [-0.1, -0.05) is 36.4 Å². The van der Waals surface area contributed by atoms with Crippen molar-refractivity contribution in [2.75, 3.05) is 0 Å². The van der Waals surface area contributed by atoms with Crippen molar-refractivity contribution >= 4 is 32.7 Å². The Morgan fingerprint density at radius 2 is 1.12 bits per heavy atom. The van der Waals surface area contributed by atoms with Crippen LogP contribution in [0.25, 0.3) is 32.7 Å². The number of para-hydroxylation sites is 1. The van der Waals surface area contributed by atoms with Crippen molar-refractivity contribution in [3.8, 4) is 0 Å². The zero-order chi connectivity index (χ0) is 16.2. The number of aromatic nitrogens is 3. The van der Waals surface area contributed by atoms with Crippen LogP contribution in [-0.2, 0) is 20.4 Å². The second-order valence-corrected chi connectivity index (χ2v) is 5.41.